The minimum atomic E-state index is 0.160. The lowest BCUT2D eigenvalue weighted by Crippen LogP contribution is -2.18. The molecule has 1 N–H and O–H groups in total. The van der Waals surface area contributed by atoms with E-state index in [1.807, 2.05) is 25.1 Å². The summed E-state index contributed by atoms with van der Waals surface area (Å²) < 4.78 is 11.2. The first-order valence-electron chi connectivity index (χ1n) is 6.29. The molecule has 0 fully saturated rings. The van der Waals surface area contributed by atoms with Crippen LogP contribution in [-0.4, -0.2) is 30.1 Å². The number of hydrogen-bond acceptors (Lipinski definition) is 4. The largest absolute Gasteiger partial charge is 0.486 e. The highest BCUT2D eigenvalue weighted by Crippen LogP contribution is 2.36. The number of aromatic nitrogens is 1. The lowest BCUT2D eigenvalue weighted by atomic mass is 10.1. The molecule has 1 aliphatic heterocycles. The SMILES string of the molecule is CC(CCl)Nc1nccc2cc3c(cc12)OCCO3. The van der Waals surface area contributed by atoms with Gasteiger partial charge in [0.15, 0.2) is 11.5 Å². The Morgan fingerprint density at radius 1 is 1.32 bits per heavy atom. The highest BCUT2D eigenvalue weighted by molar-refractivity contribution is 6.18. The first-order chi connectivity index (χ1) is 9.28. The van der Waals surface area contributed by atoms with Crippen molar-refractivity contribution in [1.29, 1.82) is 0 Å². The van der Waals surface area contributed by atoms with E-state index in [0.717, 1.165) is 28.1 Å². The van der Waals surface area contributed by atoms with Crippen LogP contribution < -0.4 is 14.8 Å². The zero-order valence-electron chi connectivity index (χ0n) is 10.6. The van der Waals surface area contributed by atoms with Gasteiger partial charge in [0, 0.05) is 23.5 Å². The smallest absolute Gasteiger partial charge is 0.162 e. The van der Waals surface area contributed by atoms with Crippen LogP contribution in [0.2, 0.25) is 0 Å². The summed E-state index contributed by atoms with van der Waals surface area (Å²) in [6.45, 7) is 3.20. The van der Waals surface area contributed by atoms with Crippen LogP contribution in [0, 0.1) is 0 Å². The van der Waals surface area contributed by atoms with Crippen LogP contribution in [0.3, 0.4) is 0 Å². The number of nitrogens with zero attached hydrogens (tertiary/aromatic N) is 1. The number of fused-ring (bicyclic) bond motifs is 2. The van der Waals surface area contributed by atoms with Crippen LogP contribution in [0.15, 0.2) is 24.4 Å². The predicted octanol–water partition coefficient (Wildman–Crippen LogP) is 3.05. The standard InChI is InChI=1S/C14H15ClN2O2/c1-9(8-15)17-14-11-7-13-12(18-4-5-19-13)6-10(11)2-3-16-14/h2-3,6-7,9H,4-5,8H2,1H3,(H,16,17). The number of anilines is 1. The van der Waals surface area contributed by atoms with Crippen LogP contribution in [0.25, 0.3) is 10.8 Å². The van der Waals surface area contributed by atoms with E-state index in [0.29, 0.717) is 19.1 Å². The average Bonchev–Trinajstić information content (AvgIpc) is 2.45. The van der Waals surface area contributed by atoms with Crippen LogP contribution in [-0.2, 0) is 0 Å². The molecule has 1 atom stereocenters. The minimum absolute atomic E-state index is 0.160. The fourth-order valence-electron chi connectivity index (χ4n) is 2.10. The second-order valence-corrected chi connectivity index (χ2v) is 4.88. The van der Waals surface area contributed by atoms with Gasteiger partial charge in [0.25, 0.3) is 0 Å². The van der Waals surface area contributed by atoms with Crippen molar-refractivity contribution in [1.82, 2.24) is 4.98 Å². The van der Waals surface area contributed by atoms with Crippen LogP contribution in [0.4, 0.5) is 5.82 Å². The van der Waals surface area contributed by atoms with Gasteiger partial charge >= 0.3 is 0 Å². The Bertz CT molecular complexity index is 603. The quantitative estimate of drug-likeness (QED) is 0.877. The van der Waals surface area contributed by atoms with E-state index in [1.54, 1.807) is 6.20 Å². The van der Waals surface area contributed by atoms with E-state index in [4.69, 9.17) is 21.1 Å². The maximum absolute atomic E-state index is 5.83. The van der Waals surface area contributed by atoms with E-state index < -0.39 is 0 Å². The predicted molar refractivity (Wildman–Crippen MR) is 76.5 cm³/mol. The van der Waals surface area contributed by atoms with Gasteiger partial charge in [-0.25, -0.2) is 4.98 Å². The molecule has 0 spiro atoms. The molecule has 0 saturated heterocycles. The third-order valence-electron chi connectivity index (χ3n) is 3.04. The van der Waals surface area contributed by atoms with Gasteiger partial charge in [-0.3, -0.25) is 0 Å². The number of ether oxygens (including phenoxy) is 2. The van der Waals surface area contributed by atoms with Crippen LogP contribution >= 0.6 is 11.6 Å². The van der Waals surface area contributed by atoms with Crippen molar-refractivity contribution < 1.29 is 9.47 Å². The van der Waals surface area contributed by atoms with Gasteiger partial charge in [-0.1, -0.05) is 0 Å². The zero-order chi connectivity index (χ0) is 13.2. The van der Waals surface area contributed by atoms with Crippen molar-refractivity contribution in [2.75, 3.05) is 24.4 Å². The molecular formula is C14H15ClN2O2. The Balaban J connectivity index is 2.08. The summed E-state index contributed by atoms with van der Waals surface area (Å²) in [7, 11) is 0. The Kier molecular flexibility index (Phi) is 3.34. The van der Waals surface area contributed by atoms with Gasteiger partial charge in [-0.05, 0) is 30.5 Å². The van der Waals surface area contributed by atoms with Gasteiger partial charge in [-0.15, -0.1) is 11.6 Å². The number of rotatable bonds is 3. The molecule has 1 aromatic heterocycles. The van der Waals surface area contributed by atoms with Gasteiger partial charge in [0.2, 0.25) is 0 Å². The second-order valence-electron chi connectivity index (χ2n) is 4.58. The maximum Gasteiger partial charge on any atom is 0.162 e. The zero-order valence-corrected chi connectivity index (χ0v) is 11.4. The van der Waals surface area contributed by atoms with Crippen molar-refractivity contribution in [2.24, 2.45) is 0 Å². The summed E-state index contributed by atoms with van der Waals surface area (Å²) in [5, 5.41) is 5.39. The van der Waals surface area contributed by atoms with Crippen molar-refractivity contribution in [3.05, 3.63) is 24.4 Å². The topological polar surface area (TPSA) is 43.4 Å². The van der Waals surface area contributed by atoms with E-state index in [9.17, 15) is 0 Å². The summed E-state index contributed by atoms with van der Waals surface area (Å²) in [5.74, 6) is 2.92. The van der Waals surface area contributed by atoms with E-state index in [1.165, 1.54) is 0 Å². The summed E-state index contributed by atoms with van der Waals surface area (Å²) in [6, 6.07) is 6.08. The van der Waals surface area contributed by atoms with Crippen molar-refractivity contribution in [3.63, 3.8) is 0 Å². The normalized spacial score (nSPS) is 15.3. The Morgan fingerprint density at radius 2 is 2.05 bits per heavy atom. The second kappa shape index (κ2) is 5.13. The van der Waals surface area contributed by atoms with Gasteiger partial charge < -0.3 is 14.8 Å². The number of hydrogen-bond donors (Lipinski definition) is 1. The van der Waals surface area contributed by atoms with Gasteiger partial charge in [0.05, 0.1) is 0 Å². The third-order valence-corrected chi connectivity index (χ3v) is 3.50. The molecule has 5 heteroatoms. The molecule has 0 radical (unpaired) electrons. The summed E-state index contributed by atoms with van der Waals surface area (Å²) >= 11 is 5.83. The molecule has 19 heavy (non-hydrogen) atoms. The molecule has 0 amide bonds. The highest BCUT2D eigenvalue weighted by Gasteiger charge is 2.15. The molecule has 4 nitrogen and oxygen atoms in total. The fraction of sp³-hybridized carbons (Fsp3) is 0.357. The minimum Gasteiger partial charge on any atom is -0.486 e. The average molecular weight is 279 g/mol. The molecule has 0 aliphatic carbocycles. The molecule has 1 unspecified atom stereocenters. The Labute approximate surface area is 116 Å². The molecule has 3 rings (SSSR count). The summed E-state index contributed by atoms with van der Waals surface area (Å²) in [5.41, 5.74) is 0. The molecule has 1 aliphatic rings. The third kappa shape index (κ3) is 2.40. The molecular weight excluding hydrogens is 264 g/mol. The van der Waals surface area contributed by atoms with Crippen molar-refractivity contribution in [3.8, 4) is 11.5 Å². The number of halogens is 1. The number of alkyl halides is 1. The number of pyridine rings is 1. The van der Waals surface area contributed by atoms with Gasteiger partial charge in [-0.2, -0.15) is 0 Å². The van der Waals surface area contributed by atoms with Gasteiger partial charge in [0.1, 0.15) is 19.0 Å². The van der Waals surface area contributed by atoms with Crippen molar-refractivity contribution >= 4 is 28.2 Å². The first-order valence-corrected chi connectivity index (χ1v) is 6.82. The molecule has 0 saturated carbocycles. The van der Waals surface area contributed by atoms with Crippen molar-refractivity contribution in [2.45, 2.75) is 13.0 Å². The Hall–Kier alpha value is -1.68. The van der Waals surface area contributed by atoms with Crippen LogP contribution in [0.5, 0.6) is 11.5 Å². The highest BCUT2D eigenvalue weighted by atomic mass is 35.5. The maximum atomic E-state index is 5.83. The molecule has 0 bridgehead atoms. The van der Waals surface area contributed by atoms with E-state index >= 15 is 0 Å². The Morgan fingerprint density at radius 3 is 2.79 bits per heavy atom. The van der Waals surface area contributed by atoms with E-state index in [2.05, 4.69) is 10.3 Å². The first kappa shape index (κ1) is 12.4. The lowest BCUT2D eigenvalue weighted by Gasteiger charge is -2.20. The summed E-state index contributed by atoms with van der Waals surface area (Å²) in [4.78, 5) is 4.38. The fourth-order valence-corrected chi connectivity index (χ4v) is 2.17. The summed E-state index contributed by atoms with van der Waals surface area (Å²) in [6.07, 6.45) is 1.78. The monoisotopic (exact) mass is 278 g/mol. The van der Waals surface area contributed by atoms with Crippen LogP contribution in [0.1, 0.15) is 6.92 Å². The molecule has 1 aromatic carbocycles. The molecule has 2 heterocycles. The number of nitrogens with one attached hydrogen (secondary N) is 1. The van der Waals surface area contributed by atoms with E-state index in [-0.39, 0.29) is 6.04 Å². The number of benzene rings is 1. The molecule has 2 aromatic rings. The lowest BCUT2D eigenvalue weighted by molar-refractivity contribution is 0.172. The molecule has 100 valence electrons.